The van der Waals surface area contributed by atoms with E-state index in [0.29, 0.717) is 13.1 Å². The third kappa shape index (κ3) is 4.06. The summed E-state index contributed by atoms with van der Waals surface area (Å²) in [7, 11) is 0. The van der Waals surface area contributed by atoms with Gasteiger partial charge in [0, 0.05) is 51.2 Å². The van der Waals surface area contributed by atoms with Crippen LogP contribution >= 0.6 is 0 Å². The molecule has 1 N–H and O–H groups in total. The fourth-order valence-corrected chi connectivity index (χ4v) is 2.84. The molecule has 0 bridgehead atoms. The van der Waals surface area contributed by atoms with Crippen molar-refractivity contribution in [3.8, 4) is 0 Å². The van der Waals surface area contributed by atoms with Gasteiger partial charge in [0.1, 0.15) is 0 Å². The van der Waals surface area contributed by atoms with Crippen molar-refractivity contribution >= 4 is 11.5 Å². The summed E-state index contributed by atoms with van der Waals surface area (Å²) >= 11 is 0. The Morgan fingerprint density at radius 3 is 2.62 bits per heavy atom. The number of anilines is 1. The predicted molar refractivity (Wildman–Crippen MR) is 87.8 cm³/mol. The maximum absolute atomic E-state index is 10.6. The molecular formula is C15H20N6O3. The molecule has 1 aliphatic heterocycles. The first-order valence-electron chi connectivity index (χ1n) is 7.85. The molecule has 2 aromatic rings. The van der Waals surface area contributed by atoms with Crippen LogP contribution in [0, 0.1) is 10.1 Å². The van der Waals surface area contributed by atoms with E-state index in [1.807, 2.05) is 12.3 Å². The van der Waals surface area contributed by atoms with Crippen LogP contribution in [0.1, 0.15) is 0 Å². The summed E-state index contributed by atoms with van der Waals surface area (Å²) in [6.45, 7) is 4.34. The van der Waals surface area contributed by atoms with Crippen molar-refractivity contribution in [1.29, 1.82) is 0 Å². The average molecular weight is 332 g/mol. The first kappa shape index (κ1) is 16.3. The minimum absolute atomic E-state index is 0.140. The number of aliphatic hydroxyl groups excluding tert-OH is 1. The monoisotopic (exact) mass is 332 g/mol. The second-order valence-corrected chi connectivity index (χ2v) is 5.80. The van der Waals surface area contributed by atoms with Gasteiger partial charge < -0.3 is 20.1 Å². The Balaban J connectivity index is 1.47. The normalized spacial score (nSPS) is 17.0. The summed E-state index contributed by atoms with van der Waals surface area (Å²) in [5.41, 5.74) is 0.886. The number of rotatable bonds is 6. The molecule has 3 rings (SSSR count). The number of aromatic nitrogens is 3. The van der Waals surface area contributed by atoms with Crippen LogP contribution in [0.2, 0.25) is 0 Å². The lowest BCUT2D eigenvalue weighted by Gasteiger charge is -2.36. The Labute approximate surface area is 139 Å². The topological polar surface area (TPSA) is 101 Å². The average Bonchev–Trinajstić information content (AvgIpc) is 3.08. The van der Waals surface area contributed by atoms with Crippen molar-refractivity contribution in [2.75, 3.05) is 37.6 Å². The van der Waals surface area contributed by atoms with E-state index in [1.54, 1.807) is 23.1 Å². The molecular weight excluding hydrogens is 312 g/mol. The zero-order chi connectivity index (χ0) is 16.9. The highest BCUT2D eigenvalue weighted by atomic mass is 16.6. The highest BCUT2D eigenvalue weighted by molar-refractivity contribution is 5.46. The van der Waals surface area contributed by atoms with Gasteiger partial charge in [-0.1, -0.05) is 0 Å². The molecule has 0 saturated carbocycles. The van der Waals surface area contributed by atoms with E-state index in [4.69, 9.17) is 0 Å². The smallest absolute Gasteiger partial charge is 0.363 e. The number of β-amino-alcohol motifs (C(OH)–C–C–N with tert-alkyl or cyclic N) is 1. The minimum atomic E-state index is -0.497. The predicted octanol–water partition coefficient (Wildman–Crippen LogP) is 0.369. The molecule has 0 radical (unpaired) electrons. The molecule has 9 nitrogen and oxygen atoms in total. The Morgan fingerprint density at radius 2 is 2.04 bits per heavy atom. The number of nitro groups is 1. The third-order valence-corrected chi connectivity index (χ3v) is 4.08. The van der Waals surface area contributed by atoms with Crippen molar-refractivity contribution in [3.05, 3.63) is 46.9 Å². The Bertz CT molecular complexity index is 652. The summed E-state index contributed by atoms with van der Waals surface area (Å²) in [4.78, 5) is 18.4. The maximum atomic E-state index is 10.6. The number of piperazine rings is 1. The first-order chi connectivity index (χ1) is 11.6. The molecule has 3 heterocycles. The molecule has 1 saturated heterocycles. The molecule has 0 aromatic carbocycles. The van der Waals surface area contributed by atoms with Crippen LogP contribution in [0.4, 0.5) is 11.5 Å². The van der Waals surface area contributed by atoms with Crippen LogP contribution in [-0.4, -0.2) is 68.5 Å². The van der Waals surface area contributed by atoms with Crippen LogP contribution in [0.5, 0.6) is 0 Å². The molecule has 1 aliphatic rings. The molecule has 2 aromatic heterocycles. The molecule has 128 valence electrons. The Morgan fingerprint density at radius 1 is 1.25 bits per heavy atom. The molecule has 24 heavy (non-hydrogen) atoms. The molecule has 9 heteroatoms. The zero-order valence-electron chi connectivity index (χ0n) is 13.2. The Kier molecular flexibility index (Phi) is 5.02. The largest absolute Gasteiger partial charge is 0.390 e. The van der Waals surface area contributed by atoms with Crippen molar-refractivity contribution in [2.45, 2.75) is 12.6 Å². The summed E-state index contributed by atoms with van der Waals surface area (Å²) in [5, 5.41) is 24.9. The second-order valence-electron chi connectivity index (χ2n) is 5.80. The van der Waals surface area contributed by atoms with E-state index in [2.05, 4.69) is 19.9 Å². The highest BCUT2D eigenvalue weighted by Gasteiger charge is 2.21. The quantitative estimate of drug-likeness (QED) is 0.602. The maximum Gasteiger partial charge on any atom is 0.363 e. The van der Waals surface area contributed by atoms with Gasteiger partial charge in [-0.3, -0.25) is 9.58 Å². The van der Waals surface area contributed by atoms with Gasteiger partial charge >= 0.3 is 5.82 Å². The van der Waals surface area contributed by atoms with E-state index >= 15 is 0 Å². The van der Waals surface area contributed by atoms with Gasteiger partial charge in [-0.05, 0) is 22.0 Å². The standard InChI is InChI=1S/C15H20N6O3/c22-14(12-20-5-1-4-17-20)11-18-6-8-19(9-7-18)13-2-3-15(16-10-13)21(23)24/h1-5,10,14,22H,6-9,11-12H2/t14-/m0/s1. The fraction of sp³-hybridized carbons (Fsp3) is 0.467. The van der Waals surface area contributed by atoms with Crippen LogP contribution in [-0.2, 0) is 6.54 Å². The number of hydrogen-bond donors (Lipinski definition) is 1. The lowest BCUT2D eigenvalue weighted by Crippen LogP contribution is -2.49. The molecule has 0 aliphatic carbocycles. The number of nitrogens with zero attached hydrogens (tertiary/aromatic N) is 6. The minimum Gasteiger partial charge on any atom is -0.390 e. The van der Waals surface area contributed by atoms with Crippen LogP contribution in [0.15, 0.2) is 36.8 Å². The summed E-state index contributed by atoms with van der Waals surface area (Å²) < 4.78 is 1.73. The van der Waals surface area contributed by atoms with Crippen LogP contribution in [0.3, 0.4) is 0 Å². The van der Waals surface area contributed by atoms with Gasteiger partial charge in [0.2, 0.25) is 0 Å². The number of pyridine rings is 1. The van der Waals surface area contributed by atoms with Crippen molar-refractivity contribution in [1.82, 2.24) is 19.7 Å². The Hall–Kier alpha value is -2.52. The first-order valence-corrected chi connectivity index (χ1v) is 7.85. The van der Waals surface area contributed by atoms with E-state index in [1.165, 1.54) is 6.07 Å². The van der Waals surface area contributed by atoms with Gasteiger partial charge in [0.15, 0.2) is 6.20 Å². The van der Waals surface area contributed by atoms with Gasteiger partial charge in [0.05, 0.1) is 18.3 Å². The van der Waals surface area contributed by atoms with Crippen LogP contribution in [0.25, 0.3) is 0 Å². The number of hydrogen-bond acceptors (Lipinski definition) is 7. The van der Waals surface area contributed by atoms with Crippen molar-refractivity contribution in [3.63, 3.8) is 0 Å². The van der Waals surface area contributed by atoms with Gasteiger partial charge in [-0.2, -0.15) is 5.10 Å². The molecule has 1 atom stereocenters. The SMILES string of the molecule is O=[N+]([O-])c1ccc(N2CCN(C[C@H](O)Cn3cccn3)CC2)cn1. The van der Waals surface area contributed by atoms with Gasteiger partial charge in [-0.15, -0.1) is 0 Å². The lowest BCUT2D eigenvalue weighted by molar-refractivity contribution is -0.389. The lowest BCUT2D eigenvalue weighted by atomic mass is 10.2. The molecule has 0 spiro atoms. The molecule has 0 amide bonds. The van der Waals surface area contributed by atoms with Crippen LogP contribution < -0.4 is 4.90 Å². The summed E-state index contributed by atoms with van der Waals surface area (Å²) in [6, 6.07) is 4.99. The molecule has 0 unspecified atom stereocenters. The zero-order valence-corrected chi connectivity index (χ0v) is 13.2. The summed E-state index contributed by atoms with van der Waals surface area (Å²) in [5.74, 6) is -0.140. The fourth-order valence-electron chi connectivity index (χ4n) is 2.84. The summed E-state index contributed by atoms with van der Waals surface area (Å²) in [6.07, 6.45) is 4.62. The van der Waals surface area contributed by atoms with E-state index < -0.39 is 11.0 Å². The second kappa shape index (κ2) is 7.37. The third-order valence-electron chi connectivity index (χ3n) is 4.08. The van der Waals surface area contributed by atoms with E-state index in [-0.39, 0.29) is 5.82 Å². The van der Waals surface area contributed by atoms with E-state index in [9.17, 15) is 15.2 Å². The highest BCUT2D eigenvalue weighted by Crippen LogP contribution is 2.18. The van der Waals surface area contributed by atoms with Gasteiger partial charge in [0.25, 0.3) is 0 Å². The number of aliphatic hydroxyl groups is 1. The molecule has 1 fully saturated rings. The van der Waals surface area contributed by atoms with Crippen molar-refractivity contribution in [2.24, 2.45) is 0 Å². The van der Waals surface area contributed by atoms with E-state index in [0.717, 1.165) is 31.9 Å². The van der Waals surface area contributed by atoms with Crippen molar-refractivity contribution < 1.29 is 10.0 Å². The van der Waals surface area contributed by atoms with Gasteiger partial charge in [-0.25, -0.2) is 0 Å².